The number of nitrogens with zero attached hydrogens (tertiary/aromatic N) is 4. The fraction of sp³-hybridized carbons (Fsp3) is 0.278. The summed E-state index contributed by atoms with van der Waals surface area (Å²) in [4.78, 5) is 28.6. The highest BCUT2D eigenvalue weighted by atomic mass is 32.2. The highest BCUT2D eigenvalue weighted by Gasteiger charge is 2.20. The second-order valence-corrected chi connectivity index (χ2v) is 8.30. The van der Waals surface area contributed by atoms with E-state index < -0.39 is 0 Å². The molecule has 2 aromatic heterocycles. The van der Waals surface area contributed by atoms with Crippen LogP contribution in [0.4, 0.5) is 5.13 Å². The molecule has 8 nitrogen and oxygen atoms in total. The lowest BCUT2D eigenvalue weighted by atomic mass is 10.1. The van der Waals surface area contributed by atoms with Crippen LogP contribution in [0.1, 0.15) is 28.7 Å². The van der Waals surface area contributed by atoms with E-state index in [9.17, 15) is 9.59 Å². The number of aryl methyl sites for hydroxylation is 1. The standard InChI is InChI=1S/C18H20N6O2S2/c1-11-5-4-6-13(9-11)16(26)20-10-14-22-23-18(24(14)3)28-12(2)15(25)21-17-19-7-8-27-17/h4-9,12H,10H2,1-3H3,(H,20,26)(H,19,21,25). The van der Waals surface area contributed by atoms with Crippen molar-refractivity contribution in [1.29, 1.82) is 0 Å². The topological polar surface area (TPSA) is 102 Å². The van der Waals surface area contributed by atoms with Crippen LogP contribution >= 0.6 is 23.1 Å². The lowest BCUT2D eigenvalue weighted by Gasteiger charge is -2.10. The largest absolute Gasteiger partial charge is 0.345 e. The summed E-state index contributed by atoms with van der Waals surface area (Å²) in [6.07, 6.45) is 1.64. The monoisotopic (exact) mass is 416 g/mol. The Bertz CT molecular complexity index is 970. The molecule has 0 aliphatic rings. The first-order valence-corrected chi connectivity index (χ1v) is 10.3. The summed E-state index contributed by atoms with van der Waals surface area (Å²) < 4.78 is 1.77. The van der Waals surface area contributed by atoms with Gasteiger partial charge in [-0.2, -0.15) is 0 Å². The van der Waals surface area contributed by atoms with Gasteiger partial charge < -0.3 is 15.2 Å². The Morgan fingerprint density at radius 2 is 2.14 bits per heavy atom. The summed E-state index contributed by atoms with van der Waals surface area (Å²) in [6, 6.07) is 7.38. The Labute approximate surface area is 170 Å². The molecule has 2 amide bonds. The number of nitrogens with one attached hydrogen (secondary N) is 2. The van der Waals surface area contributed by atoms with Gasteiger partial charge in [0.25, 0.3) is 5.91 Å². The van der Waals surface area contributed by atoms with Crippen LogP contribution in [0, 0.1) is 6.92 Å². The predicted molar refractivity (Wildman–Crippen MR) is 109 cm³/mol. The normalized spacial score (nSPS) is 11.8. The van der Waals surface area contributed by atoms with E-state index in [2.05, 4.69) is 25.8 Å². The number of carbonyl (C=O) groups excluding carboxylic acids is 2. The molecule has 146 valence electrons. The predicted octanol–water partition coefficient (Wildman–Crippen LogP) is 2.63. The van der Waals surface area contributed by atoms with Crippen molar-refractivity contribution < 1.29 is 9.59 Å². The van der Waals surface area contributed by atoms with Crippen molar-refractivity contribution >= 4 is 40.0 Å². The molecule has 0 aliphatic heterocycles. The van der Waals surface area contributed by atoms with Crippen molar-refractivity contribution in [3.05, 3.63) is 52.8 Å². The van der Waals surface area contributed by atoms with E-state index in [1.165, 1.54) is 23.1 Å². The number of thiazole rings is 1. The van der Waals surface area contributed by atoms with Gasteiger partial charge >= 0.3 is 0 Å². The van der Waals surface area contributed by atoms with E-state index in [1.54, 1.807) is 29.1 Å². The van der Waals surface area contributed by atoms with Crippen molar-refractivity contribution in [2.75, 3.05) is 5.32 Å². The maximum atomic E-state index is 12.3. The average Bonchev–Trinajstić information content (AvgIpc) is 3.30. The molecule has 3 aromatic rings. The Hall–Kier alpha value is -2.72. The number of carbonyl (C=O) groups is 2. The van der Waals surface area contributed by atoms with Crippen LogP contribution in [-0.4, -0.2) is 36.8 Å². The van der Waals surface area contributed by atoms with Gasteiger partial charge in [0.2, 0.25) is 5.91 Å². The molecule has 1 atom stereocenters. The Morgan fingerprint density at radius 1 is 1.32 bits per heavy atom. The second-order valence-electron chi connectivity index (χ2n) is 6.10. The van der Waals surface area contributed by atoms with Gasteiger partial charge in [-0.25, -0.2) is 4.98 Å². The van der Waals surface area contributed by atoms with Gasteiger partial charge in [-0.05, 0) is 26.0 Å². The van der Waals surface area contributed by atoms with E-state index in [-0.39, 0.29) is 23.6 Å². The molecule has 0 fully saturated rings. The summed E-state index contributed by atoms with van der Waals surface area (Å²) in [7, 11) is 1.81. The highest BCUT2D eigenvalue weighted by Crippen LogP contribution is 2.23. The number of benzene rings is 1. The fourth-order valence-electron chi connectivity index (χ4n) is 2.35. The zero-order chi connectivity index (χ0) is 20.1. The lowest BCUT2D eigenvalue weighted by molar-refractivity contribution is -0.115. The minimum Gasteiger partial charge on any atom is -0.345 e. The molecule has 0 aliphatic carbocycles. The third kappa shape index (κ3) is 4.96. The van der Waals surface area contributed by atoms with Gasteiger partial charge in [0.15, 0.2) is 16.1 Å². The summed E-state index contributed by atoms with van der Waals surface area (Å²) in [5, 5.41) is 16.5. The summed E-state index contributed by atoms with van der Waals surface area (Å²) in [5.41, 5.74) is 1.62. The first kappa shape index (κ1) is 20.0. The molecule has 2 N–H and O–H groups in total. The molecule has 1 unspecified atom stereocenters. The maximum Gasteiger partial charge on any atom is 0.251 e. The molecule has 0 radical (unpaired) electrons. The lowest BCUT2D eigenvalue weighted by Crippen LogP contribution is -2.25. The minimum absolute atomic E-state index is 0.155. The van der Waals surface area contributed by atoms with E-state index >= 15 is 0 Å². The number of rotatable bonds is 7. The van der Waals surface area contributed by atoms with Gasteiger partial charge in [-0.1, -0.05) is 29.5 Å². The number of aromatic nitrogens is 4. The molecule has 28 heavy (non-hydrogen) atoms. The van der Waals surface area contributed by atoms with Crippen LogP contribution in [0.5, 0.6) is 0 Å². The van der Waals surface area contributed by atoms with Gasteiger partial charge in [0.1, 0.15) is 0 Å². The number of anilines is 1. The minimum atomic E-state index is -0.374. The average molecular weight is 417 g/mol. The number of thioether (sulfide) groups is 1. The summed E-state index contributed by atoms with van der Waals surface area (Å²) >= 11 is 2.66. The van der Waals surface area contributed by atoms with Crippen LogP contribution < -0.4 is 10.6 Å². The molecule has 2 heterocycles. The molecule has 0 bridgehead atoms. The third-order valence-corrected chi connectivity index (χ3v) is 5.75. The van der Waals surface area contributed by atoms with Gasteiger partial charge in [-0.15, -0.1) is 21.5 Å². The van der Waals surface area contributed by atoms with Crippen LogP contribution in [0.15, 0.2) is 41.0 Å². The van der Waals surface area contributed by atoms with Crippen molar-refractivity contribution in [2.24, 2.45) is 7.05 Å². The molecule has 0 saturated heterocycles. The third-order valence-electron chi connectivity index (χ3n) is 3.93. The molecular formula is C18H20N6O2S2. The first-order valence-electron chi connectivity index (χ1n) is 8.54. The van der Waals surface area contributed by atoms with E-state index in [4.69, 9.17) is 0 Å². The highest BCUT2D eigenvalue weighted by molar-refractivity contribution is 8.00. The molecule has 10 heteroatoms. The van der Waals surface area contributed by atoms with Crippen LogP contribution in [0.3, 0.4) is 0 Å². The van der Waals surface area contributed by atoms with Crippen LogP contribution in [0.2, 0.25) is 0 Å². The molecular weight excluding hydrogens is 396 g/mol. The SMILES string of the molecule is Cc1cccc(C(=O)NCc2nnc(SC(C)C(=O)Nc3nccs3)n2C)c1. The Balaban J connectivity index is 1.57. The molecule has 1 aromatic carbocycles. The number of amides is 2. The van der Waals surface area contributed by atoms with Crippen molar-refractivity contribution in [1.82, 2.24) is 25.1 Å². The summed E-state index contributed by atoms with van der Waals surface area (Å²) in [6.45, 7) is 3.98. The van der Waals surface area contributed by atoms with E-state index in [1.807, 2.05) is 32.2 Å². The van der Waals surface area contributed by atoms with Crippen LogP contribution in [-0.2, 0) is 18.4 Å². The Kier molecular flexibility index (Phi) is 6.42. The van der Waals surface area contributed by atoms with E-state index in [0.29, 0.717) is 21.7 Å². The zero-order valence-electron chi connectivity index (χ0n) is 15.7. The maximum absolute atomic E-state index is 12.3. The Morgan fingerprint density at radius 3 is 2.86 bits per heavy atom. The van der Waals surface area contributed by atoms with Crippen molar-refractivity contribution in [2.45, 2.75) is 30.8 Å². The molecule has 0 saturated carbocycles. The van der Waals surface area contributed by atoms with Crippen LogP contribution in [0.25, 0.3) is 0 Å². The quantitative estimate of drug-likeness (QED) is 0.574. The molecule has 0 spiro atoms. The van der Waals surface area contributed by atoms with E-state index in [0.717, 1.165) is 5.56 Å². The zero-order valence-corrected chi connectivity index (χ0v) is 17.3. The van der Waals surface area contributed by atoms with Gasteiger partial charge in [-0.3, -0.25) is 9.59 Å². The molecule has 3 rings (SSSR count). The number of hydrogen-bond donors (Lipinski definition) is 2. The van der Waals surface area contributed by atoms with Crippen molar-refractivity contribution in [3.8, 4) is 0 Å². The number of hydrogen-bond acceptors (Lipinski definition) is 7. The second kappa shape index (κ2) is 8.98. The smallest absolute Gasteiger partial charge is 0.251 e. The van der Waals surface area contributed by atoms with Gasteiger partial charge in [0.05, 0.1) is 11.8 Å². The first-order chi connectivity index (χ1) is 13.4. The van der Waals surface area contributed by atoms with Crippen molar-refractivity contribution in [3.63, 3.8) is 0 Å². The van der Waals surface area contributed by atoms with Gasteiger partial charge in [0, 0.05) is 24.2 Å². The fourth-order valence-corrected chi connectivity index (χ4v) is 3.72. The summed E-state index contributed by atoms with van der Waals surface area (Å²) in [5.74, 6) is 0.283.